The van der Waals surface area contributed by atoms with Crippen LogP contribution in [0.2, 0.25) is 0 Å². The zero-order valence-electron chi connectivity index (χ0n) is 10.4. The number of hydrogen-bond donors (Lipinski definition) is 1. The van der Waals surface area contributed by atoms with E-state index < -0.39 is 0 Å². The smallest absolute Gasteiger partial charge is 0.122 e. The van der Waals surface area contributed by atoms with Crippen LogP contribution in [0.25, 0.3) is 0 Å². The minimum atomic E-state index is -0.316. The van der Waals surface area contributed by atoms with Gasteiger partial charge >= 0.3 is 0 Å². The first-order valence-electron chi connectivity index (χ1n) is 6.25. The van der Waals surface area contributed by atoms with E-state index in [0.29, 0.717) is 6.61 Å². The SMILES string of the molecule is C=C(C)CCOc1cccc2c1CCCC2O. The molecule has 1 aromatic rings. The molecule has 2 nitrogen and oxygen atoms in total. The van der Waals surface area contributed by atoms with E-state index in [1.807, 2.05) is 25.1 Å². The molecule has 2 rings (SSSR count). The average molecular weight is 232 g/mol. The van der Waals surface area contributed by atoms with Gasteiger partial charge in [-0.2, -0.15) is 0 Å². The second-order valence-electron chi connectivity index (χ2n) is 4.79. The number of rotatable bonds is 4. The lowest BCUT2D eigenvalue weighted by Gasteiger charge is -2.23. The fourth-order valence-corrected chi connectivity index (χ4v) is 2.26. The van der Waals surface area contributed by atoms with Crippen LogP contribution in [0.15, 0.2) is 30.4 Å². The number of aliphatic hydroxyl groups excluding tert-OH is 1. The third kappa shape index (κ3) is 2.89. The van der Waals surface area contributed by atoms with Crippen molar-refractivity contribution in [2.45, 2.75) is 38.7 Å². The average Bonchev–Trinajstić information content (AvgIpc) is 2.30. The number of hydrogen-bond acceptors (Lipinski definition) is 2. The molecule has 1 atom stereocenters. The van der Waals surface area contributed by atoms with Crippen molar-refractivity contribution in [3.05, 3.63) is 41.5 Å². The Hall–Kier alpha value is -1.28. The fraction of sp³-hybridized carbons (Fsp3) is 0.467. The van der Waals surface area contributed by atoms with Crippen LogP contribution in [0.3, 0.4) is 0 Å². The van der Waals surface area contributed by atoms with E-state index in [4.69, 9.17) is 4.74 Å². The van der Waals surface area contributed by atoms with Crippen molar-refractivity contribution >= 4 is 0 Å². The lowest BCUT2D eigenvalue weighted by molar-refractivity contribution is 0.155. The zero-order chi connectivity index (χ0) is 12.3. The predicted molar refractivity (Wildman–Crippen MR) is 69.3 cm³/mol. The highest BCUT2D eigenvalue weighted by molar-refractivity contribution is 5.42. The minimum Gasteiger partial charge on any atom is -0.493 e. The van der Waals surface area contributed by atoms with Gasteiger partial charge in [-0.15, -0.1) is 6.58 Å². The van der Waals surface area contributed by atoms with Crippen molar-refractivity contribution in [2.75, 3.05) is 6.61 Å². The van der Waals surface area contributed by atoms with Gasteiger partial charge in [-0.3, -0.25) is 0 Å². The first kappa shape index (κ1) is 12.2. The van der Waals surface area contributed by atoms with Gasteiger partial charge in [0.15, 0.2) is 0 Å². The normalized spacial score (nSPS) is 18.6. The maximum atomic E-state index is 9.93. The maximum absolute atomic E-state index is 9.93. The van der Waals surface area contributed by atoms with E-state index in [1.54, 1.807) is 0 Å². The van der Waals surface area contributed by atoms with Crippen LogP contribution in [-0.4, -0.2) is 11.7 Å². The van der Waals surface area contributed by atoms with Gasteiger partial charge < -0.3 is 9.84 Å². The Morgan fingerprint density at radius 1 is 1.53 bits per heavy atom. The van der Waals surface area contributed by atoms with Gasteiger partial charge in [0.2, 0.25) is 0 Å². The molecule has 0 fully saturated rings. The Kier molecular flexibility index (Phi) is 3.85. The molecule has 2 heteroatoms. The molecule has 0 bridgehead atoms. The Morgan fingerprint density at radius 3 is 3.12 bits per heavy atom. The van der Waals surface area contributed by atoms with Crippen LogP contribution in [0.5, 0.6) is 5.75 Å². The summed E-state index contributed by atoms with van der Waals surface area (Å²) in [7, 11) is 0. The topological polar surface area (TPSA) is 29.5 Å². The van der Waals surface area contributed by atoms with Crippen molar-refractivity contribution in [1.82, 2.24) is 0 Å². The molecule has 1 aromatic carbocycles. The van der Waals surface area contributed by atoms with Crippen molar-refractivity contribution in [3.63, 3.8) is 0 Å². The first-order valence-corrected chi connectivity index (χ1v) is 6.25. The minimum absolute atomic E-state index is 0.316. The molecule has 1 aliphatic rings. The molecule has 0 radical (unpaired) electrons. The van der Waals surface area contributed by atoms with Crippen LogP contribution in [-0.2, 0) is 6.42 Å². The molecule has 0 aromatic heterocycles. The highest BCUT2D eigenvalue weighted by Gasteiger charge is 2.20. The van der Waals surface area contributed by atoms with Crippen molar-refractivity contribution in [1.29, 1.82) is 0 Å². The largest absolute Gasteiger partial charge is 0.493 e. The van der Waals surface area contributed by atoms with Crippen LogP contribution in [0.4, 0.5) is 0 Å². The van der Waals surface area contributed by atoms with E-state index in [9.17, 15) is 5.11 Å². The Morgan fingerprint density at radius 2 is 2.35 bits per heavy atom. The number of aliphatic hydroxyl groups is 1. The van der Waals surface area contributed by atoms with Gasteiger partial charge in [0, 0.05) is 6.42 Å². The summed E-state index contributed by atoms with van der Waals surface area (Å²) in [5.74, 6) is 0.933. The molecule has 0 saturated heterocycles. The summed E-state index contributed by atoms with van der Waals surface area (Å²) in [5.41, 5.74) is 3.37. The molecule has 0 spiro atoms. The van der Waals surface area contributed by atoms with Gasteiger partial charge in [0.1, 0.15) is 5.75 Å². The summed E-state index contributed by atoms with van der Waals surface area (Å²) in [6.45, 7) is 6.54. The quantitative estimate of drug-likeness (QED) is 0.806. The fourth-order valence-electron chi connectivity index (χ4n) is 2.26. The molecular formula is C15H20O2. The molecule has 1 aliphatic carbocycles. The molecule has 92 valence electrons. The second kappa shape index (κ2) is 5.37. The van der Waals surface area contributed by atoms with E-state index >= 15 is 0 Å². The van der Waals surface area contributed by atoms with Crippen molar-refractivity contribution < 1.29 is 9.84 Å². The molecule has 17 heavy (non-hydrogen) atoms. The Balaban J connectivity index is 2.12. The predicted octanol–water partition coefficient (Wildman–Crippen LogP) is 3.40. The van der Waals surface area contributed by atoms with Gasteiger partial charge in [-0.25, -0.2) is 0 Å². The zero-order valence-corrected chi connectivity index (χ0v) is 10.4. The second-order valence-corrected chi connectivity index (χ2v) is 4.79. The first-order chi connectivity index (χ1) is 8.18. The van der Waals surface area contributed by atoms with E-state index in [1.165, 1.54) is 5.56 Å². The maximum Gasteiger partial charge on any atom is 0.122 e. The molecular weight excluding hydrogens is 212 g/mol. The number of benzene rings is 1. The number of ether oxygens (including phenoxy) is 1. The highest BCUT2D eigenvalue weighted by atomic mass is 16.5. The molecule has 0 saturated carbocycles. The molecule has 1 unspecified atom stereocenters. The molecule has 0 amide bonds. The van der Waals surface area contributed by atoms with Crippen molar-refractivity contribution in [2.24, 2.45) is 0 Å². The Bertz CT molecular complexity index is 409. The number of fused-ring (bicyclic) bond motifs is 1. The Labute approximate surface area is 103 Å². The van der Waals surface area contributed by atoms with E-state index in [-0.39, 0.29) is 6.10 Å². The third-order valence-electron chi connectivity index (χ3n) is 3.22. The lowest BCUT2D eigenvalue weighted by atomic mass is 9.89. The molecule has 1 N–H and O–H groups in total. The van der Waals surface area contributed by atoms with Crippen LogP contribution >= 0.6 is 0 Å². The van der Waals surface area contributed by atoms with E-state index in [0.717, 1.165) is 42.6 Å². The van der Waals surface area contributed by atoms with Gasteiger partial charge in [0.25, 0.3) is 0 Å². The lowest BCUT2D eigenvalue weighted by Crippen LogP contribution is -2.11. The standard InChI is InChI=1S/C15H20O2/c1-11(2)9-10-17-15-8-4-5-12-13(15)6-3-7-14(12)16/h4-5,8,14,16H,1,3,6-7,9-10H2,2H3. The molecule has 0 heterocycles. The third-order valence-corrected chi connectivity index (χ3v) is 3.22. The van der Waals surface area contributed by atoms with E-state index in [2.05, 4.69) is 6.58 Å². The summed E-state index contributed by atoms with van der Waals surface area (Å²) in [4.78, 5) is 0. The molecule has 0 aliphatic heterocycles. The summed E-state index contributed by atoms with van der Waals surface area (Å²) < 4.78 is 5.79. The van der Waals surface area contributed by atoms with Gasteiger partial charge in [-0.05, 0) is 43.4 Å². The van der Waals surface area contributed by atoms with Crippen LogP contribution in [0.1, 0.15) is 43.4 Å². The summed E-state index contributed by atoms with van der Waals surface area (Å²) in [5, 5.41) is 9.93. The van der Waals surface area contributed by atoms with Crippen LogP contribution < -0.4 is 4.74 Å². The summed E-state index contributed by atoms with van der Waals surface area (Å²) in [6.07, 6.45) is 3.47. The summed E-state index contributed by atoms with van der Waals surface area (Å²) >= 11 is 0. The monoisotopic (exact) mass is 232 g/mol. The highest BCUT2D eigenvalue weighted by Crippen LogP contribution is 2.35. The van der Waals surface area contributed by atoms with Gasteiger partial charge in [-0.1, -0.05) is 17.7 Å². The summed E-state index contributed by atoms with van der Waals surface area (Å²) in [6, 6.07) is 5.96. The van der Waals surface area contributed by atoms with Gasteiger partial charge in [0.05, 0.1) is 12.7 Å². The van der Waals surface area contributed by atoms with Crippen LogP contribution in [0, 0.1) is 0 Å². The van der Waals surface area contributed by atoms with Crippen molar-refractivity contribution in [3.8, 4) is 5.75 Å².